The molecule has 0 atom stereocenters. The molecule has 2 aromatic rings. The lowest BCUT2D eigenvalue weighted by Crippen LogP contribution is -2.29. The van der Waals surface area contributed by atoms with Gasteiger partial charge in [0, 0.05) is 11.1 Å². The van der Waals surface area contributed by atoms with Gasteiger partial charge in [-0.3, -0.25) is 4.79 Å². The molecule has 1 heterocycles. The lowest BCUT2D eigenvalue weighted by molar-refractivity contribution is -0.112. The quantitative estimate of drug-likeness (QED) is 0.673. The molecule has 20 heavy (non-hydrogen) atoms. The summed E-state index contributed by atoms with van der Waals surface area (Å²) in [6.45, 7) is 0.0987. The monoisotopic (exact) mass is 270 g/mol. The molecular formula is C15H11FN2O2. The van der Waals surface area contributed by atoms with E-state index in [2.05, 4.69) is 5.16 Å². The van der Waals surface area contributed by atoms with Crippen molar-refractivity contribution in [1.82, 2.24) is 0 Å². The third-order valence-electron chi connectivity index (χ3n) is 3.28. The summed E-state index contributed by atoms with van der Waals surface area (Å²) in [6.07, 6.45) is 0. The van der Waals surface area contributed by atoms with Crippen LogP contribution in [0, 0.1) is 5.82 Å². The molecule has 2 aromatic carbocycles. The van der Waals surface area contributed by atoms with Gasteiger partial charge in [-0.2, -0.15) is 0 Å². The molecule has 0 unspecified atom stereocenters. The van der Waals surface area contributed by atoms with Crippen molar-refractivity contribution >= 4 is 17.3 Å². The van der Waals surface area contributed by atoms with Crippen molar-refractivity contribution in [2.24, 2.45) is 5.16 Å². The third-order valence-corrected chi connectivity index (χ3v) is 3.28. The normalized spacial score (nSPS) is 15.8. The number of benzene rings is 2. The van der Waals surface area contributed by atoms with Gasteiger partial charge in [-0.15, -0.1) is 0 Å². The van der Waals surface area contributed by atoms with Crippen molar-refractivity contribution < 1.29 is 14.4 Å². The summed E-state index contributed by atoms with van der Waals surface area (Å²) in [4.78, 5) is 13.6. The highest BCUT2D eigenvalue weighted by Gasteiger charge is 2.34. The zero-order chi connectivity index (χ0) is 14.1. The van der Waals surface area contributed by atoms with E-state index >= 15 is 0 Å². The Morgan fingerprint density at radius 1 is 1.10 bits per heavy atom. The molecule has 0 aliphatic carbocycles. The molecule has 0 spiro atoms. The van der Waals surface area contributed by atoms with E-state index in [4.69, 9.17) is 5.21 Å². The summed E-state index contributed by atoms with van der Waals surface area (Å²) in [7, 11) is 0. The fourth-order valence-electron chi connectivity index (χ4n) is 2.31. The maximum Gasteiger partial charge on any atom is 0.281 e. The van der Waals surface area contributed by atoms with Crippen LogP contribution >= 0.6 is 0 Å². The molecule has 1 amide bonds. The van der Waals surface area contributed by atoms with Crippen LogP contribution in [-0.4, -0.2) is 16.8 Å². The molecule has 1 N–H and O–H groups in total. The number of para-hydroxylation sites is 1. The van der Waals surface area contributed by atoms with E-state index in [9.17, 15) is 9.18 Å². The Labute approximate surface area is 114 Å². The van der Waals surface area contributed by atoms with E-state index in [1.165, 1.54) is 11.0 Å². The smallest absolute Gasteiger partial charge is 0.281 e. The van der Waals surface area contributed by atoms with Crippen LogP contribution in [0.2, 0.25) is 0 Å². The number of carbonyl (C=O) groups is 1. The molecule has 3 rings (SSSR count). The molecule has 0 saturated carbocycles. The van der Waals surface area contributed by atoms with Gasteiger partial charge in [0.25, 0.3) is 5.91 Å². The van der Waals surface area contributed by atoms with Crippen LogP contribution in [0.25, 0.3) is 0 Å². The molecule has 0 radical (unpaired) electrons. The van der Waals surface area contributed by atoms with Crippen LogP contribution < -0.4 is 4.90 Å². The van der Waals surface area contributed by atoms with Gasteiger partial charge in [0.05, 0.1) is 12.2 Å². The van der Waals surface area contributed by atoms with Gasteiger partial charge in [0.1, 0.15) is 5.82 Å². The van der Waals surface area contributed by atoms with E-state index in [-0.39, 0.29) is 18.1 Å². The van der Waals surface area contributed by atoms with Crippen molar-refractivity contribution in [3.05, 3.63) is 65.5 Å². The summed E-state index contributed by atoms with van der Waals surface area (Å²) in [5, 5.41) is 12.0. The minimum Gasteiger partial charge on any atom is -0.410 e. The van der Waals surface area contributed by atoms with E-state index < -0.39 is 5.91 Å². The number of halogens is 1. The van der Waals surface area contributed by atoms with Crippen LogP contribution in [0.3, 0.4) is 0 Å². The summed E-state index contributed by atoms with van der Waals surface area (Å²) >= 11 is 0. The zero-order valence-electron chi connectivity index (χ0n) is 10.5. The van der Waals surface area contributed by atoms with Crippen molar-refractivity contribution in [2.45, 2.75) is 6.54 Å². The van der Waals surface area contributed by atoms with Crippen LogP contribution in [-0.2, 0) is 11.3 Å². The van der Waals surface area contributed by atoms with Crippen molar-refractivity contribution in [1.29, 1.82) is 0 Å². The lowest BCUT2D eigenvalue weighted by Gasteiger charge is -2.17. The Bertz CT molecular complexity index is 713. The first kappa shape index (κ1) is 12.3. The molecule has 0 fully saturated rings. The van der Waals surface area contributed by atoms with Gasteiger partial charge >= 0.3 is 0 Å². The van der Waals surface area contributed by atoms with Crippen LogP contribution in [0.1, 0.15) is 11.1 Å². The van der Waals surface area contributed by atoms with Gasteiger partial charge < -0.3 is 10.1 Å². The number of nitrogens with zero attached hydrogens (tertiary/aromatic N) is 2. The Kier molecular flexibility index (Phi) is 2.95. The predicted octanol–water partition coefficient (Wildman–Crippen LogP) is 2.55. The summed E-state index contributed by atoms with van der Waals surface area (Å²) in [6, 6.07) is 13.3. The number of rotatable bonds is 2. The second kappa shape index (κ2) is 4.77. The fourth-order valence-corrected chi connectivity index (χ4v) is 2.31. The maximum absolute atomic E-state index is 13.7. The first-order valence-electron chi connectivity index (χ1n) is 6.09. The van der Waals surface area contributed by atoms with Crippen LogP contribution in [0.4, 0.5) is 10.1 Å². The van der Waals surface area contributed by atoms with Crippen LogP contribution in [0.5, 0.6) is 0 Å². The second-order valence-electron chi connectivity index (χ2n) is 4.45. The number of hydrogen-bond acceptors (Lipinski definition) is 3. The summed E-state index contributed by atoms with van der Waals surface area (Å²) in [5.74, 6) is -0.802. The van der Waals surface area contributed by atoms with Gasteiger partial charge in [0.2, 0.25) is 0 Å². The number of hydrogen-bond donors (Lipinski definition) is 1. The van der Waals surface area contributed by atoms with Crippen molar-refractivity contribution in [3.8, 4) is 0 Å². The number of amides is 1. The number of oxime groups is 1. The lowest BCUT2D eigenvalue weighted by atomic mass is 10.1. The second-order valence-corrected chi connectivity index (χ2v) is 4.45. The standard InChI is InChI=1S/C15H11FN2O2/c16-12-7-3-1-5-10(12)9-18-13-8-4-2-6-11(13)14(17-20)15(18)19/h1-8,20H,9H2/b17-14-. The largest absolute Gasteiger partial charge is 0.410 e. The molecule has 5 heteroatoms. The Hall–Kier alpha value is -2.69. The average molecular weight is 270 g/mol. The Morgan fingerprint density at radius 2 is 1.80 bits per heavy atom. The van der Waals surface area contributed by atoms with E-state index in [1.54, 1.807) is 42.5 Å². The highest BCUT2D eigenvalue weighted by molar-refractivity contribution is 6.54. The minimum atomic E-state index is -0.433. The first-order chi connectivity index (χ1) is 9.72. The van der Waals surface area contributed by atoms with E-state index in [0.717, 1.165) is 0 Å². The Balaban J connectivity index is 2.03. The molecule has 0 bridgehead atoms. The van der Waals surface area contributed by atoms with Gasteiger partial charge in [0.15, 0.2) is 5.71 Å². The average Bonchev–Trinajstić information content (AvgIpc) is 2.74. The molecule has 0 saturated heterocycles. The van der Waals surface area contributed by atoms with Gasteiger partial charge in [-0.05, 0) is 12.1 Å². The molecule has 100 valence electrons. The SMILES string of the molecule is O=C1/C(=N\O)c2ccccc2N1Cc1ccccc1F. The maximum atomic E-state index is 13.7. The first-order valence-corrected chi connectivity index (χ1v) is 6.09. The highest BCUT2D eigenvalue weighted by Crippen LogP contribution is 2.30. The molecule has 0 aromatic heterocycles. The molecule has 4 nitrogen and oxygen atoms in total. The fraction of sp³-hybridized carbons (Fsp3) is 0.0667. The predicted molar refractivity (Wildman–Crippen MR) is 72.4 cm³/mol. The van der Waals surface area contributed by atoms with Gasteiger partial charge in [-0.1, -0.05) is 41.6 Å². The zero-order valence-corrected chi connectivity index (χ0v) is 10.5. The van der Waals surface area contributed by atoms with Crippen molar-refractivity contribution in [3.63, 3.8) is 0 Å². The van der Waals surface area contributed by atoms with Crippen molar-refractivity contribution in [2.75, 3.05) is 4.90 Å². The topological polar surface area (TPSA) is 52.9 Å². The van der Waals surface area contributed by atoms with E-state index in [1.807, 2.05) is 0 Å². The highest BCUT2D eigenvalue weighted by atomic mass is 19.1. The molecule has 1 aliphatic heterocycles. The van der Waals surface area contributed by atoms with Gasteiger partial charge in [-0.25, -0.2) is 4.39 Å². The number of anilines is 1. The number of fused-ring (bicyclic) bond motifs is 1. The van der Waals surface area contributed by atoms with Crippen LogP contribution in [0.15, 0.2) is 53.7 Å². The molecular weight excluding hydrogens is 259 g/mol. The minimum absolute atomic E-state index is 0.0167. The summed E-state index contributed by atoms with van der Waals surface area (Å²) < 4.78 is 13.7. The van der Waals surface area contributed by atoms with E-state index in [0.29, 0.717) is 16.8 Å². The third kappa shape index (κ3) is 1.84. The summed E-state index contributed by atoms with van der Waals surface area (Å²) in [5.41, 5.74) is 1.57. The molecule has 1 aliphatic rings. The Morgan fingerprint density at radius 3 is 2.55 bits per heavy atom. The number of carbonyl (C=O) groups excluding carboxylic acids is 1.